The van der Waals surface area contributed by atoms with Gasteiger partial charge in [0.25, 0.3) is 0 Å². The molecular weight excluding hydrogens is 121 g/mol. The molecule has 0 bridgehead atoms. The maximum absolute atomic E-state index is 3.34. The van der Waals surface area contributed by atoms with Crippen LogP contribution in [0.25, 0.3) is 0 Å². The van der Waals surface area contributed by atoms with Crippen molar-refractivity contribution in [1.82, 2.24) is 0 Å². The summed E-state index contributed by atoms with van der Waals surface area (Å²) in [5.74, 6) is 0.498. The Morgan fingerprint density at radius 2 is 2.20 bits per heavy atom. The summed E-state index contributed by atoms with van der Waals surface area (Å²) in [5, 5.41) is 3.34. The van der Waals surface area contributed by atoms with Crippen LogP contribution >= 0.6 is 0 Å². The number of para-hydroxylation sites is 1. The SMILES string of the molecule is CC1[B]c2ccccc2N1. The largest absolute Gasteiger partial charge is 0.391 e. The summed E-state index contributed by atoms with van der Waals surface area (Å²) in [6, 6.07) is 8.36. The van der Waals surface area contributed by atoms with Crippen molar-refractivity contribution in [1.29, 1.82) is 0 Å². The van der Waals surface area contributed by atoms with Crippen LogP contribution in [0.5, 0.6) is 0 Å². The molecule has 1 radical (unpaired) electrons. The van der Waals surface area contributed by atoms with Crippen LogP contribution in [0.15, 0.2) is 24.3 Å². The second-order valence-electron chi connectivity index (χ2n) is 2.69. The molecule has 1 aliphatic heterocycles. The molecule has 0 amide bonds. The second kappa shape index (κ2) is 2.05. The molecule has 0 fully saturated rings. The van der Waals surface area contributed by atoms with Gasteiger partial charge in [-0.05, 0) is 12.0 Å². The van der Waals surface area contributed by atoms with Gasteiger partial charge in [-0.15, -0.1) is 0 Å². The van der Waals surface area contributed by atoms with Crippen LogP contribution in [0.3, 0.4) is 0 Å². The van der Waals surface area contributed by atoms with Gasteiger partial charge in [-0.3, -0.25) is 0 Å². The zero-order valence-electron chi connectivity index (χ0n) is 5.96. The van der Waals surface area contributed by atoms with Crippen LogP contribution in [0.4, 0.5) is 5.69 Å². The van der Waals surface area contributed by atoms with Gasteiger partial charge < -0.3 is 5.32 Å². The lowest BCUT2D eigenvalue weighted by Gasteiger charge is -2.01. The molecule has 1 heterocycles. The van der Waals surface area contributed by atoms with Gasteiger partial charge in [-0.1, -0.05) is 30.6 Å². The van der Waals surface area contributed by atoms with Crippen LogP contribution in [0, 0.1) is 0 Å². The van der Waals surface area contributed by atoms with Gasteiger partial charge in [0, 0.05) is 5.69 Å². The number of rotatable bonds is 0. The lowest BCUT2D eigenvalue weighted by molar-refractivity contribution is 1.12. The normalized spacial score (nSPS) is 21.1. The van der Waals surface area contributed by atoms with E-state index in [-0.39, 0.29) is 0 Å². The molecule has 1 atom stereocenters. The van der Waals surface area contributed by atoms with Crippen molar-refractivity contribution < 1.29 is 0 Å². The van der Waals surface area contributed by atoms with Gasteiger partial charge in [-0.25, -0.2) is 0 Å². The summed E-state index contributed by atoms with van der Waals surface area (Å²) in [6.45, 7) is 2.15. The van der Waals surface area contributed by atoms with E-state index in [2.05, 4.69) is 43.8 Å². The fourth-order valence-electron chi connectivity index (χ4n) is 1.33. The van der Waals surface area contributed by atoms with E-state index in [0.717, 1.165) is 0 Å². The van der Waals surface area contributed by atoms with Crippen molar-refractivity contribution in [3.8, 4) is 0 Å². The van der Waals surface area contributed by atoms with Crippen LogP contribution in [0.1, 0.15) is 6.92 Å². The Morgan fingerprint density at radius 1 is 1.40 bits per heavy atom. The van der Waals surface area contributed by atoms with Gasteiger partial charge in [0.05, 0.1) is 0 Å². The number of hydrogen-bond donors (Lipinski definition) is 1. The zero-order chi connectivity index (χ0) is 6.97. The van der Waals surface area contributed by atoms with E-state index in [1.807, 2.05) is 0 Å². The molecule has 0 aromatic heterocycles. The lowest BCUT2D eigenvalue weighted by atomic mass is 9.67. The number of fused-ring (bicyclic) bond motifs is 1. The minimum absolute atomic E-state index is 0.498. The molecule has 1 aromatic rings. The average Bonchev–Trinajstić information content (AvgIpc) is 2.27. The topological polar surface area (TPSA) is 12.0 Å². The molecular formula is C8H9BN. The highest BCUT2D eigenvalue weighted by atomic mass is 14.9. The van der Waals surface area contributed by atoms with E-state index in [9.17, 15) is 0 Å². The Balaban J connectivity index is 2.42. The smallest absolute Gasteiger partial charge is 0.183 e. The Kier molecular flexibility index (Phi) is 1.19. The zero-order valence-corrected chi connectivity index (χ0v) is 5.96. The van der Waals surface area contributed by atoms with Crippen molar-refractivity contribution in [2.75, 3.05) is 5.32 Å². The Hall–Kier alpha value is -0.915. The molecule has 1 unspecified atom stereocenters. The van der Waals surface area contributed by atoms with Crippen molar-refractivity contribution in [2.24, 2.45) is 0 Å². The first kappa shape index (κ1) is 5.84. The number of anilines is 1. The van der Waals surface area contributed by atoms with Gasteiger partial charge in [0.15, 0.2) is 7.28 Å². The molecule has 1 nitrogen and oxygen atoms in total. The molecule has 0 saturated carbocycles. The predicted molar refractivity (Wildman–Crippen MR) is 44.9 cm³/mol. The Bertz CT molecular complexity index is 222. The molecule has 0 aliphatic carbocycles. The quantitative estimate of drug-likeness (QED) is 0.512. The minimum Gasteiger partial charge on any atom is -0.391 e. The van der Waals surface area contributed by atoms with E-state index in [4.69, 9.17) is 0 Å². The molecule has 0 spiro atoms. The lowest BCUT2D eigenvalue weighted by Crippen LogP contribution is -2.19. The third kappa shape index (κ3) is 0.802. The van der Waals surface area contributed by atoms with Crippen molar-refractivity contribution in [2.45, 2.75) is 12.9 Å². The summed E-state index contributed by atoms with van der Waals surface area (Å²) in [7, 11) is 2.23. The third-order valence-corrected chi connectivity index (χ3v) is 1.77. The standard InChI is InChI=1S/C8H9BN/c1-6-9-7-4-2-3-5-8(7)10-6/h2-6,10H,1H3. The summed E-state index contributed by atoms with van der Waals surface area (Å²) >= 11 is 0. The van der Waals surface area contributed by atoms with Crippen LogP contribution in [-0.2, 0) is 0 Å². The van der Waals surface area contributed by atoms with Gasteiger partial charge in [0.2, 0.25) is 0 Å². The molecule has 2 heteroatoms. The molecule has 1 aliphatic rings. The molecule has 2 rings (SSSR count). The predicted octanol–water partition coefficient (Wildman–Crippen LogP) is 0.788. The number of nitrogens with one attached hydrogen (secondary N) is 1. The van der Waals surface area contributed by atoms with Gasteiger partial charge in [-0.2, -0.15) is 0 Å². The first-order chi connectivity index (χ1) is 4.86. The molecule has 49 valence electrons. The highest BCUT2D eigenvalue weighted by Crippen LogP contribution is 2.10. The molecule has 1 aromatic carbocycles. The van der Waals surface area contributed by atoms with E-state index in [1.54, 1.807) is 0 Å². The average molecular weight is 130 g/mol. The van der Waals surface area contributed by atoms with Crippen LogP contribution in [-0.4, -0.2) is 13.2 Å². The molecule has 1 N–H and O–H groups in total. The van der Waals surface area contributed by atoms with Gasteiger partial charge >= 0.3 is 0 Å². The van der Waals surface area contributed by atoms with E-state index < -0.39 is 0 Å². The van der Waals surface area contributed by atoms with Gasteiger partial charge in [0.1, 0.15) is 0 Å². The highest BCUT2D eigenvalue weighted by molar-refractivity contribution is 6.59. The van der Waals surface area contributed by atoms with E-state index >= 15 is 0 Å². The summed E-state index contributed by atoms with van der Waals surface area (Å²) in [6.07, 6.45) is 0. The number of hydrogen-bond acceptors (Lipinski definition) is 1. The Labute approximate surface area is 61.7 Å². The fraction of sp³-hybridized carbons (Fsp3) is 0.250. The summed E-state index contributed by atoms with van der Waals surface area (Å²) < 4.78 is 0. The van der Waals surface area contributed by atoms with Crippen molar-refractivity contribution in [3.63, 3.8) is 0 Å². The fourth-order valence-corrected chi connectivity index (χ4v) is 1.33. The second-order valence-corrected chi connectivity index (χ2v) is 2.69. The summed E-state index contributed by atoms with van der Waals surface area (Å²) in [4.78, 5) is 0. The van der Waals surface area contributed by atoms with Crippen molar-refractivity contribution >= 4 is 18.4 Å². The maximum Gasteiger partial charge on any atom is 0.183 e. The highest BCUT2D eigenvalue weighted by Gasteiger charge is 2.15. The first-order valence-electron chi connectivity index (χ1n) is 3.57. The third-order valence-electron chi connectivity index (χ3n) is 1.77. The summed E-state index contributed by atoms with van der Waals surface area (Å²) in [5.41, 5.74) is 2.59. The minimum atomic E-state index is 0.498. The van der Waals surface area contributed by atoms with E-state index in [1.165, 1.54) is 11.2 Å². The van der Waals surface area contributed by atoms with Crippen LogP contribution in [0.2, 0.25) is 0 Å². The van der Waals surface area contributed by atoms with Crippen LogP contribution < -0.4 is 10.8 Å². The number of benzene rings is 1. The molecule has 10 heavy (non-hydrogen) atoms. The molecule has 0 saturated heterocycles. The monoisotopic (exact) mass is 130 g/mol. The van der Waals surface area contributed by atoms with Crippen molar-refractivity contribution in [3.05, 3.63) is 24.3 Å². The first-order valence-corrected chi connectivity index (χ1v) is 3.57. The maximum atomic E-state index is 3.34. The van der Waals surface area contributed by atoms with E-state index in [0.29, 0.717) is 5.94 Å². The Morgan fingerprint density at radius 3 is 3.00 bits per heavy atom.